The van der Waals surface area contributed by atoms with Gasteiger partial charge in [-0.1, -0.05) is 0 Å². The molecular formula is C20H25F2N9O2. The molecule has 1 unspecified atom stereocenters. The van der Waals surface area contributed by atoms with Gasteiger partial charge in [0.05, 0.1) is 30.5 Å². The third kappa shape index (κ3) is 3.92. The molecule has 3 aliphatic heterocycles. The average Bonchev–Trinajstić information content (AvgIpc) is 3.07. The number of amides is 2. The lowest BCUT2D eigenvalue weighted by Gasteiger charge is -2.39. The van der Waals surface area contributed by atoms with Crippen molar-refractivity contribution in [2.24, 2.45) is 5.92 Å². The lowest BCUT2D eigenvalue weighted by Crippen LogP contribution is -2.56. The Morgan fingerprint density at radius 3 is 2.61 bits per heavy atom. The van der Waals surface area contributed by atoms with E-state index in [4.69, 9.17) is 5.73 Å². The maximum absolute atomic E-state index is 14.8. The van der Waals surface area contributed by atoms with Crippen LogP contribution in [0.3, 0.4) is 0 Å². The zero-order valence-corrected chi connectivity index (χ0v) is 17.9. The van der Waals surface area contributed by atoms with Gasteiger partial charge < -0.3 is 31.5 Å². The predicted molar refractivity (Wildman–Crippen MR) is 117 cm³/mol. The van der Waals surface area contributed by atoms with E-state index in [-0.39, 0.29) is 47.7 Å². The fourth-order valence-corrected chi connectivity index (χ4v) is 4.37. The van der Waals surface area contributed by atoms with Crippen molar-refractivity contribution >= 4 is 34.8 Å². The highest BCUT2D eigenvalue weighted by Crippen LogP contribution is 2.32. The summed E-state index contributed by atoms with van der Waals surface area (Å²) in [5, 5.41) is 12.6. The molecule has 176 valence electrons. The molecule has 3 aliphatic rings. The quantitative estimate of drug-likeness (QED) is 0.496. The number of fused-ring (bicyclic) bond motifs is 1. The summed E-state index contributed by atoms with van der Waals surface area (Å²) < 4.78 is 29.8. The number of nitrogens with zero attached hydrogens (tertiary/aromatic N) is 5. The zero-order valence-electron chi connectivity index (χ0n) is 17.9. The third-order valence-corrected chi connectivity index (χ3v) is 6.23. The second kappa shape index (κ2) is 8.46. The fraction of sp³-hybridized carbons (Fsp3) is 0.500. The molecule has 0 aromatic carbocycles. The van der Waals surface area contributed by atoms with Gasteiger partial charge in [0.15, 0.2) is 11.6 Å². The summed E-state index contributed by atoms with van der Waals surface area (Å²) >= 11 is 0. The van der Waals surface area contributed by atoms with Crippen LogP contribution in [0.1, 0.15) is 10.4 Å². The highest BCUT2D eigenvalue weighted by atomic mass is 19.1. The van der Waals surface area contributed by atoms with Crippen molar-refractivity contribution in [1.29, 1.82) is 0 Å². The largest absolute Gasteiger partial charge is 0.381 e. The smallest absolute Gasteiger partial charge is 0.263 e. The number of nitrogen functional groups attached to an aromatic ring is 1. The molecule has 5 rings (SSSR count). The first-order valence-electron chi connectivity index (χ1n) is 10.9. The van der Waals surface area contributed by atoms with Gasteiger partial charge >= 0.3 is 0 Å². The van der Waals surface area contributed by atoms with Crippen LogP contribution in [0, 0.1) is 11.7 Å². The highest BCUT2D eigenvalue weighted by Gasteiger charge is 2.33. The number of rotatable bonds is 4. The van der Waals surface area contributed by atoms with Crippen LogP contribution in [0.2, 0.25) is 0 Å². The Morgan fingerprint density at radius 2 is 1.91 bits per heavy atom. The maximum atomic E-state index is 14.8. The number of hydrogen-bond donors (Lipinski definition) is 4. The summed E-state index contributed by atoms with van der Waals surface area (Å²) in [6, 6.07) is 0. The molecule has 1 atom stereocenters. The average molecular weight is 461 g/mol. The Balaban J connectivity index is 1.33. The van der Waals surface area contributed by atoms with Crippen LogP contribution in [0.15, 0.2) is 12.4 Å². The molecule has 5 heterocycles. The molecule has 11 nitrogen and oxygen atoms in total. The first-order valence-corrected chi connectivity index (χ1v) is 10.9. The summed E-state index contributed by atoms with van der Waals surface area (Å²) in [5.41, 5.74) is 6.37. The number of anilines is 4. The van der Waals surface area contributed by atoms with Gasteiger partial charge in [0.25, 0.3) is 5.91 Å². The van der Waals surface area contributed by atoms with Gasteiger partial charge in [-0.15, -0.1) is 0 Å². The van der Waals surface area contributed by atoms with Crippen LogP contribution in [0.4, 0.5) is 31.8 Å². The number of nitrogens with two attached hydrogens (primary N) is 1. The number of piperazine rings is 1. The Hall–Kier alpha value is -3.48. The van der Waals surface area contributed by atoms with Gasteiger partial charge in [0.2, 0.25) is 5.91 Å². The molecule has 2 aromatic rings. The SMILES string of the molecule is Nc1nn2c(c1C(=O)Nc1cncc(F)c1N1CCN(C(=O)C3CNC3)CC1)NCC(F)C2. The molecule has 2 aromatic heterocycles. The van der Waals surface area contributed by atoms with Crippen molar-refractivity contribution in [2.45, 2.75) is 12.7 Å². The molecule has 0 aliphatic carbocycles. The van der Waals surface area contributed by atoms with Gasteiger partial charge in [-0.05, 0) is 0 Å². The molecule has 2 saturated heterocycles. The van der Waals surface area contributed by atoms with Gasteiger partial charge in [0.1, 0.15) is 23.2 Å². The number of halogens is 2. The molecule has 13 heteroatoms. The second-order valence-corrected chi connectivity index (χ2v) is 8.41. The number of nitrogens with one attached hydrogen (secondary N) is 3. The summed E-state index contributed by atoms with van der Waals surface area (Å²) in [7, 11) is 0. The zero-order chi connectivity index (χ0) is 23.1. The standard InChI is InChI=1S/C20H25F2N9O2/c21-12-7-26-18-15(17(23)28-31(18)10-12)19(32)27-14-9-25-8-13(22)16(14)29-1-3-30(4-2-29)20(33)11-5-24-6-11/h8-9,11-12,24,26H,1-7,10H2,(H2,23,28)(H,27,32). The van der Waals surface area contributed by atoms with Crippen molar-refractivity contribution in [3.05, 3.63) is 23.8 Å². The Morgan fingerprint density at radius 1 is 1.15 bits per heavy atom. The van der Waals surface area contributed by atoms with Crippen LogP contribution in [-0.4, -0.2) is 83.5 Å². The van der Waals surface area contributed by atoms with Gasteiger partial charge in [-0.2, -0.15) is 5.10 Å². The topological polar surface area (TPSA) is 133 Å². The van der Waals surface area contributed by atoms with E-state index in [1.165, 1.54) is 10.9 Å². The molecule has 0 spiro atoms. The number of pyridine rings is 1. The van der Waals surface area contributed by atoms with Gasteiger partial charge in [-0.3, -0.25) is 14.6 Å². The monoisotopic (exact) mass is 461 g/mol. The fourth-order valence-electron chi connectivity index (χ4n) is 4.37. The molecule has 2 amide bonds. The summed E-state index contributed by atoms with van der Waals surface area (Å²) in [6.45, 7) is 3.17. The first kappa shape index (κ1) is 21.4. The lowest BCUT2D eigenvalue weighted by atomic mass is 10.0. The van der Waals surface area contributed by atoms with Crippen LogP contribution < -0.4 is 26.6 Å². The van der Waals surface area contributed by atoms with Gasteiger partial charge in [0, 0.05) is 45.8 Å². The first-order chi connectivity index (χ1) is 15.9. The number of aromatic nitrogens is 3. The van der Waals surface area contributed by atoms with Crippen LogP contribution >= 0.6 is 0 Å². The Bertz CT molecular complexity index is 1080. The van der Waals surface area contributed by atoms with Crippen LogP contribution in [0.25, 0.3) is 0 Å². The summed E-state index contributed by atoms with van der Waals surface area (Å²) in [6.07, 6.45) is 1.31. The van der Waals surface area contributed by atoms with E-state index in [1.54, 1.807) is 9.80 Å². The number of hydrogen-bond acceptors (Lipinski definition) is 8. The Kier molecular flexibility index (Phi) is 5.48. The van der Waals surface area contributed by atoms with Crippen LogP contribution in [-0.2, 0) is 11.3 Å². The molecule has 0 bridgehead atoms. The van der Waals surface area contributed by atoms with E-state index in [0.29, 0.717) is 45.1 Å². The molecule has 5 N–H and O–H groups in total. The van der Waals surface area contributed by atoms with Crippen molar-refractivity contribution in [2.75, 3.05) is 67.1 Å². The number of alkyl halides is 1. The van der Waals surface area contributed by atoms with Crippen molar-refractivity contribution < 1.29 is 18.4 Å². The molecule has 0 radical (unpaired) electrons. The minimum atomic E-state index is -1.14. The maximum Gasteiger partial charge on any atom is 0.263 e. The van der Waals surface area contributed by atoms with Gasteiger partial charge in [-0.25, -0.2) is 13.5 Å². The van der Waals surface area contributed by atoms with E-state index in [0.717, 1.165) is 6.20 Å². The van der Waals surface area contributed by atoms with E-state index < -0.39 is 17.9 Å². The summed E-state index contributed by atoms with van der Waals surface area (Å²) in [4.78, 5) is 33.0. The normalized spacial score (nSPS) is 20.6. The lowest BCUT2D eigenvalue weighted by molar-refractivity contribution is -0.137. The molecule has 0 saturated carbocycles. The number of carbonyl (C=O) groups is 2. The van der Waals surface area contributed by atoms with Crippen molar-refractivity contribution in [1.82, 2.24) is 25.0 Å². The molecular weight excluding hydrogens is 436 g/mol. The third-order valence-electron chi connectivity index (χ3n) is 6.23. The minimum Gasteiger partial charge on any atom is -0.381 e. The van der Waals surface area contributed by atoms with Crippen LogP contribution in [0.5, 0.6) is 0 Å². The van der Waals surface area contributed by atoms with Crippen molar-refractivity contribution in [3.8, 4) is 0 Å². The minimum absolute atomic E-state index is 0.00744. The molecule has 2 fully saturated rings. The summed E-state index contributed by atoms with van der Waals surface area (Å²) in [5.74, 6) is -0.785. The van der Waals surface area contributed by atoms with E-state index in [2.05, 4.69) is 26.0 Å². The molecule has 33 heavy (non-hydrogen) atoms. The van der Waals surface area contributed by atoms with E-state index in [9.17, 15) is 18.4 Å². The predicted octanol–water partition coefficient (Wildman–Crippen LogP) is -0.117. The highest BCUT2D eigenvalue weighted by molar-refractivity contribution is 6.12. The van der Waals surface area contributed by atoms with Crippen molar-refractivity contribution in [3.63, 3.8) is 0 Å². The number of carbonyl (C=O) groups excluding carboxylic acids is 2. The van der Waals surface area contributed by atoms with E-state index >= 15 is 0 Å². The second-order valence-electron chi connectivity index (χ2n) is 8.41. The van der Waals surface area contributed by atoms with E-state index in [1.807, 2.05) is 0 Å². The Labute approximate surface area is 188 Å².